The summed E-state index contributed by atoms with van der Waals surface area (Å²) < 4.78 is 46.8. The normalized spacial score (nSPS) is 32.2. The van der Waals surface area contributed by atoms with Gasteiger partial charge in [-0.2, -0.15) is 0 Å². The molecular formula is C28H46O7SSi2. The van der Waals surface area contributed by atoms with Gasteiger partial charge in [0, 0.05) is 10.8 Å². The molecule has 1 saturated carbocycles. The molecule has 0 bridgehead atoms. The largest absolute Gasteiger partial charge is 0.497 e. The van der Waals surface area contributed by atoms with Crippen LogP contribution in [0.25, 0.3) is 0 Å². The van der Waals surface area contributed by atoms with Gasteiger partial charge in [-0.1, -0.05) is 55.4 Å². The Hall–Kier alpha value is -1.05. The third-order valence-electron chi connectivity index (χ3n) is 8.90. The van der Waals surface area contributed by atoms with E-state index in [9.17, 15) is 9.00 Å². The van der Waals surface area contributed by atoms with Crippen molar-refractivity contribution in [3.05, 3.63) is 29.8 Å². The summed E-state index contributed by atoms with van der Waals surface area (Å²) >= 11 is 0. The highest BCUT2D eigenvalue weighted by atomic mass is 32.2. The Morgan fingerprint density at radius 1 is 0.947 bits per heavy atom. The Balaban J connectivity index is 1.79. The Kier molecular flexibility index (Phi) is 8.73. The maximum Gasteiger partial charge on any atom is 0.338 e. The monoisotopic (exact) mass is 582 g/mol. The zero-order valence-electron chi connectivity index (χ0n) is 24.4. The molecule has 1 unspecified atom stereocenters. The van der Waals surface area contributed by atoms with Crippen LogP contribution in [-0.4, -0.2) is 63.2 Å². The summed E-state index contributed by atoms with van der Waals surface area (Å²) in [6.07, 6.45) is 1.08. The maximum absolute atomic E-state index is 14.1. The molecule has 2 saturated heterocycles. The highest BCUT2D eigenvalue weighted by molar-refractivity contribution is 7.87. The predicted molar refractivity (Wildman–Crippen MR) is 155 cm³/mol. The van der Waals surface area contributed by atoms with Crippen molar-refractivity contribution in [3.8, 4) is 5.75 Å². The molecule has 1 spiro atoms. The summed E-state index contributed by atoms with van der Waals surface area (Å²) in [5.41, 5.74) is 1.13. The van der Waals surface area contributed by atoms with E-state index in [1.54, 1.807) is 31.4 Å². The van der Waals surface area contributed by atoms with Crippen LogP contribution in [0.1, 0.15) is 85.0 Å². The van der Waals surface area contributed by atoms with Crippen LogP contribution in [-0.2, 0) is 28.5 Å². The molecule has 0 aromatic heterocycles. The van der Waals surface area contributed by atoms with E-state index in [4.69, 9.17) is 22.4 Å². The van der Waals surface area contributed by atoms with Gasteiger partial charge in [-0.05, 0) is 65.7 Å². The first-order chi connectivity index (χ1) is 17.8. The second kappa shape index (κ2) is 11.1. The highest BCUT2D eigenvalue weighted by Crippen LogP contribution is 2.55. The first kappa shape index (κ1) is 29.9. The zero-order valence-corrected chi connectivity index (χ0v) is 27.3. The van der Waals surface area contributed by atoms with Crippen LogP contribution in [0.5, 0.6) is 5.75 Å². The summed E-state index contributed by atoms with van der Waals surface area (Å²) in [6.45, 7) is 17.5. The molecule has 1 aromatic rings. The fourth-order valence-electron chi connectivity index (χ4n) is 6.82. The van der Waals surface area contributed by atoms with Crippen LogP contribution >= 0.6 is 0 Å². The van der Waals surface area contributed by atoms with Gasteiger partial charge in [0.2, 0.25) is 0 Å². The van der Waals surface area contributed by atoms with Gasteiger partial charge < -0.3 is 22.4 Å². The first-order valence-corrected chi connectivity index (χ1v) is 19.4. The molecule has 7 nitrogen and oxygen atoms in total. The number of hydrogen-bond donors (Lipinski definition) is 0. The van der Waals surface area contributed by atoms with Crippen molar-refractivity contribution >= 4 is 33.9 Å². The first-order valence-electron chi connectivity index (χ1n) is 14.1. The van der Waals surface area contributed by atoms with E-state index in [1.165, 1.54) is 0 Å². The van der Waals surface area contributed by atoms with Crippen molar-refractivity contribution in [2.24, 2.45) is 0 Å². The second-order valence-electron chi connectivity index (χ2n) is 12.3. The molecule has 0 amide bonds. The molecule has 4 rings (SSSR count). The van der Waals surface area contributed by atoms with Crippen LogP contribution in [0, 0.1) is 0 Å². The SMILES string of the molecule is COc1ccc(C(=O)O[C@H]2C[S@](=O)C34CCC[C@@H]3O[Si](C(C)C)(C(C)C)O[Si](C(C)C)(C(C)C)O[C@@H]24)cc1. The number of benzene rings is 1. The van der Waals surface area contributed by atoms with Crippen LogP contribution in [0.15, 0.2) is 24.3 Å². The van der Waals surface area contributed by atoms with Gasteiger partial charge in [0.25, 0.3) is 0 Å². The lowest BCUT2D eigenvalue weighted by molar-refractivity contribution is -0.0487. The van der Waals surface area contributed by atoms with E-state index in [0.29, 0.717) is 11.3 Å². The Bertz CT molecular complexity index is 1010. The third kappa shape index (κ3) is 4.77. The van der Waals surface area contributed by atoms with E-state index in [-0.39, 0.29) is 34.0 Å². The predicted octanol–water partition coefficient (Wildman–Crippen LogP) is 6.23. The average molecular weight is 583 g/mol. The van der Waals surface area contributed by atoms with Crippen LogP contribution < -0.4 is 4.74 Å². The highest BCUT2D eigenvalue weighted by Gasteiger charge is 2.70. The lowest BCUT2D eigenvalue weighted by Gasteiger charge is -2.55. The Morgan fingerprint density at radius 2 is 1.50 bits per heavy atom. The summed E-state index contributed by atoms with van der Waals surface area (Å²) in [5.74, 6) is 0.482. The van der Waals surface area contributed by atoms with Crippen molar-refractivity contribution in [3.63, 3.8) is 0 Å². The minimum absolute atomic E-state index is 0.137. The van der Waals surface area contributed by atoms with Gasteiger partial charge >= 0.3 is 23.1 Å². The van der Waals surface area contributed by atoms with Gasteiger partial charge in [0.1, 0.15) is 18.0 Å². The van der Waals surface area contributed by atoms with Gasteiger partial charge in [0.15, 0.2) is 0 Å². The molecule has 2 aliphatic heterocycles. The van der Waals surface area contributed by atoms with Crippen molar-refractivity contribution in [2.75, 3.05) is 12.9 Å². The minimum atomic E-state index is -2.95. The van der Waals surface area contributed by atoms with Gasteiger partial charge in [-0.3, -0.25) is 4.21 Å². The molecule has 10 heteroatoms. The average Bonchev–Trinajstić information content (AvgIpc) is 3.37. The molecule has 1 aliphatic carbocycles. The lowest BCUT2D eigenvalue weighted by Crippen LogP contribution is -2.70. The Labute approximate surface area is 233 Å². The maximum atomic E-state index is 14.1. The number of carbonyl (C=O) groups excluding carboxylic acids is 1. The number of ether oxygens (including phenoxy) is 2. The fraction of sp³-hybridized carbons (Fsp3) is 0.750. The number of hydrogen-bond acceptors (Lipinski definition) is 7. The molecular weight excluding hydrogens is 537 g/mol. The summed E-state index contributed by atoms with van der Waals surface area (Å²) in [5, 5.41) is 0. The quantitative estimate of drug-likeness (QED) is 0.278. The van der Waals surface area contributed by atoms with Gasteiger partial charge in [0.05, 0.1) is 29.3 Å². The molecule has 3 fully saturated rings. The molecule has 0 radical (unpaired) electrons. The molecule has 214 valence electrons. The topological polar surface area (TPSA) is 80.3 Å². The third-order valence-corrected chi connectivity index (χ3v) is 21.3. The standard InChI is InChI=1S/C28H46O7SSi2/c1-18(2)37(19(3)4)33-25-11-10-16-28(25)26(34-38(35-37,20(5)6)21(7)8)24(17-36(28)30)32-27(29)22-12-14-23(31-9)15-13-22/h12-15,18-21,24-26H,10-11,16-17H2,1-9H3/t24-,25-,26-,28?,36-/m0/s1. The van der Waals surface area contributed by atoms with E-state index >= 15 is 0 Å². The molecule has 5 atom stereocenters. The molecule has 38 heavy (non-hydrogen) atoms. The van der Waals surface area contributed by atoms with E-state index in [1.807, 2.05) is 0 Å². The molecule has 2 heterocycles. The van der Waals surface area contributed by atoms with E-state index < -0.39 is 50.8 Å². The van der Waals surface area contributed by atoms with Crippen LogP contribution in [0.2, 0.25) is 22.2 Å². The number of rotatable bonds is 7. The van der Waals surface area contributed by atoms with E-state index in [2.05, 4.69) is 55.4 Å². The number of esters is 1. The van der Waals surface area contributed by atoms with Crippen molar-refractivity contribution < 1.29 is 31.4 Å². The van der Waals surface area contributed by atoms with Crippen molar-refractivity contribution in [1.29, 1.82) is 0 Å². The summed E-state index contributed by atoms with van der Waals surface area (Å²) in [7, 11) is -5.43. The van der Waals surface area contributed by atoms with Crippen LogP contribution in [0.4, 0.5) is 0 Å². The Morgan fingerprint density at radius 3 is 2.03 bits per heavy atom. The zero-order chi connectivity index (χ0) is 28.0. The van der Waals surface area contributed by atoms with Gasteiger partial charge in [-0.25, -0.2) is 4.79 Å². The second-order valence-corrected chi connectivity index (χ2v) is 22.9. The van der Waals surface area contributed by atoms with Crippen molar-refractivity contribution in [1.82, 2.24) is 0 Å². The summed E-state index contributed by atoms with van der Waals surface area (Å²) in [6, 6.07) is 6.87. The molecule has 3 aliphatic rings. The van der Waals surface area contributed by atoms with Crippen molar-refractivity contribution in [2.45, 2.75) is 120 Å². The smallest absolute Gasteiger partial charge is 0.338 e. The minimum Gasteiger partial charge on any atom is -0.497 e. The number of carbonyl (C=O) groups is 1. The summed E-state index contributed by atoms with van der Waals surface area (Å²) in [4.78, 5) is 13.3. The van der Waals surface area contributed by atoms with Crippen LogP contribution in [0.3, 0.4) is 0 Å². The molecule has 0 N–H and O–H groups in total. The lowest BCUT2D eigenvalue weighted by atomic mass is 9.94. The fourth-order valence-corrected chi connectivity index (χ4v) is 20.6. The number of methoxy groups -OCH3 is 1. The van der Waals surface area contributed by atoms with E-state index in [0.717, 1.165) is 19.3 Å². The van der Waals surface area contributed by atoms with Gasteiger partial charge in [-0.15, -0.1) is 0 Å². The molecule has 1 aromatic carbocycles.